The van der Waals surface area contributed by atoms with E-state index in [1.807, 2.05) is 0 Å². The number of carboxylic acid groups (broad SMARTS) is 1. The lowest BCUT2D eigenvalue weighted by molar-refractivity contribution is -0.136. The Morgan fingerprint density at radius 3 is 2.38 bits per heavy atom. The molecule has 2 rings (SSSR count). The predicted octanol–water partition coefficient (Wildman–Crippen LogP) is -0.859. The summed E-state index contributed by atoms with van der Waals surface area (Å²) in [6.07, 6.45) is 0. The van der Waals surface area contributed by atoms with E-state index in [9.17, 15) is 21.6 Å². The Bertz CT molecular complexity index is 754. The van der Waals surface area contributed by atoms with Gasteiger partial charge in [-0.1, -0.05) is 0 Å². The summed E-state index contributed by atoms with van der Waals surface area (Å²) < 4.78 is 48.9. The lowest BCUT2D eigenvalue weighted by Gasteiger charge is -2.29. The van der Waals surface area contributed by atoms with Crippen LogP contribution in [0.2, 0.25) is 0 Å². The summed E-state index contributed by atoms with van der Waals surface area (Å²) in [4.78, 5) is 11.0. The van der Waals surface area contributed by atoms with E-state index in [1.54, 1.807) is 0 Å². The lowest BCUT2D eigenvalue weighted by atomic mass is 10.3. The van der Waals surface area contributed by atoms with Crippen molar-refractivity contribution in [1.29, 1.82) is 0 Å². The number of nitrogens with zero attached hydrogens (tertiary/aromatic N) is 1. The van der Waals surface area contributed by atoms with Gasteiger partial charge in [0, 0.05) is 18.8 Å². The number of hydrogen-bond donors (Lipinski definition) is 2. The third kappa shape index (κ3) is 3.01. The van der Waals surface area contributed by atoms with Crippen LogP contribution >= 0.6 is 0 Å². The van der Waals surface area contributed by atoms with Crippen LogP contribution in [-0.2, 0) is 24.7 Å². The Morgan fingerprint density at radius 1 is 1.29 bits per heavy atom. The Hall–Kier alpha value is -1.65. The highest BCUT2D eigenvalue weighted by molar-refractivity contribution is 7.93. The van der Waals surface area contributed by atoms with Crippen molar-refractivity contribution >= 4 is 31.5 Å². The quantitative estimate of drug-likeness (QED) is 0.687. The highest BCUT2D eigenvalue weighted by atomic mass is 32.2. The van der Waals surface area contributed by atoms with Crippen LogP contribution < -0.4 is 5.73 Å². The van der Waals surface area contributed by atoms with Crippen LogP contribution in [-0.4, -0.2) is 56.3 Å². The van der Waals surface area contributed by atoms with E-state index < -0.39 is 43.4 Å². The van der Waals surface area contributed by atoms with Crippen molar-refractivity contribution in [3.05, 3.63) is 24.3 Å². The molecule has 1 saturated heterocycles. The molecule has 10 heteroatoms. The molecule has 1 aliphatic heterocycles. The van der Waals surface area contributed by atoms with E-state index >= 15 is 0 Å². The number of carboxylic acids is 1. The summed E-state index contributed by atoms with van der Waals surface area (Å²) in [6, 6.07) is 5.40. The van der Waals surface area contributed by atoms with Gasteiger partial charge in [-0.05, 0) is 24.3 Å². The number of aliphatic carboxylic acids is 1. The number of hydrogen-bond acceptors (Lipinski definition) is 6. The smallest absolute Gasteiger partial charge is 0.323 e. The molecule has 116 valence electrons. The normalized spacial score (nSPS) is 22.8. The monoisotopic (exact) mass is 334 g/mol. The zero-order chi connectivity index (χ0) is 15.8. The largest absolute Gasteiger partial charge is 0.480 e. The van der Waals surface area contributed by atoms with Crippen LogP contribution in [0.4, 0.5) is 5.69 Å². The number of anilines is 1. The first kappa shape index (κ1) is 15.7. The molecule has 21 heavy (non-hydrogen) atoms. The van der Waals surface area contributed by atoms with Gasteiger partial charge in [0.15, 0.2) is 15.1 Å². The molecule has 0 aliphatic carbocycles. The van der Waals surface area contributed by atoms with E-state index in [4.69, 9.17) is 10.8 Å². The molecule has 0 amide bonds. The maximum absolute atomic E-state index is 12.4. The van der Waals surface area contributed by atoms with Gasteiger partial charge in [0.25, 0.3) is 0 Å². The van der Waals surface area contributed by atoms with E-state index in [-0.39, 0.29) is 11.4 Å². The number of sulfone groups is 1. The fourth-order valence-corrected chi connectivity index (χ4v) is 5.14. The van der Waals surface area contributed by atoms with Crippen LogP contribution in [0.3, 0.4) is 0 Å². The first-order valence-electron chi connectivity index (χ1n) is 5.94. The van der Waals surface area contributed by atoms with E-state index in [0.29, 0.717) is 5.69 Å². The van der Waals surface area contributed by atoms with Crippen LogP contribution in [0.1, 0.15) is 0 Å². The van der Waals surface area contributed by atoms with E-state index in [2.05, 4.69) is 0 Å². The Kier molecular flexibility index (Phi) is 3.95. The molecule has 0 aromatic heterocycles. The fourth-order valence-electron chi connectivity index (χ4n) is 2.00. The van der Waals surface area contributed by atoms with Crippen LogP contribution in [0.5, 0.6) is 0 Å². The molecule has 1 aliphatic rings. The summed E-state index contributed by atoms with van der Waals surface area (Å²) in [7, 11) is -7.78. The van der Waals surface area contributed by atoms with Gasteiger partial charge in [0.2, 0.25) is 10.0 Å². The molecule has 1 aromatic rings. The SMILES string of the molecule is Nc1ccc(S(=O)(=O)N2CCS(=O)(=O)C(C(=O)O)C2)cc1. The van der Waals surface area contributed by atoms with Crippen molar-refractivity contribution in [1.82, 2.24) is 4.31 Å². The zero-order valence-electron chi connectivity index (χ0n) is 10.8. The molecule has 0 spiro atoms. The molecule has 0 saturated carbocycles. The molecule has 3 N–H and O–H groups in total. The first-order valence-corrected chi connectivity index (χ1v) is 9.10. The molecule has 1 unspecified atom stereocenters. The zero-order valence-corrected chi connectivity index (χ0v) is 12.5. The number of nitrogen functional groups attached to an aromatic ring is 1. The van der Waals surface area contributed by atoms with Crippen molar-refractivity contribution in [3.8, 4) is 0 Å². The molecule has 1 fully saturated rings. The van der Waals surface area contributed by atoms with Gasteiger partial charge in [-0.15, -0.1) is 0 Å². The van der Waals surface area contributed by atoms with Crippen molar-refractivity contribution in [2.75, 3.05) is 24.6 Å². The molecule has 1 heterocycles. The second-order valence-corrected chi connectivity index (χ2v) is 8.87. The highest BCUT2D eigenvalue weighted by Gasteiger charge is 2.42. The van der Waals surface area contributed by atoms with Crippen LogP contribution in [0.25, 0.3) is 0 Å². The number of benzene rings is 1. The third-order valence-corrected chi connectivity index (χ3v) is 7.07. The highest BCUT2D eigenvalue weighted by Crippen LogP contribution is 2.22. The minimum absolute atomic E-state index is 0.0554. The molecule has 0 radical (unpaired) electrons. The van der Waals surface area contributed by atoms with Gasteiger partial charge >= 0.3 is 5.97 Å². The van der Waals surface area contributed by atoms with Gasteiger partial charge in [-0.25, -0.2) is 16.8 Å². The Morgan fingerprint density at radius 2 is 1.86 bits per heavy atom. The maximum Gasteiger partial charge on any atom is 0.323 e. The van der Waals surface area contributed by atoms with Crippen molar-refractivity contribution in [2.45, 2.75) is 10.1 Å². The number of carbonyl (C=O) groups is 1. The minimum Gasteiger partial charge on any atom is -0.480 e. The van der Waals surface area contributed by atoms with Crippen molar-refractivity contribution < 1.29 is 26.7 Å². The molecular formula is C11H14N2O6S2. The van der Waals surface area contributed by atoms with E-state index in [1.165, 1.54) is 24.3 Å². The Balaban J connectivity index is 2.34. The average Bonchev–Trinajstić information content (AvgIpc) is 2.38. The van der Waals surface area contributed by atoms with Gasteiger partial charge in [-0.3, -0.25) is 4.79 Å². The molecule has 1 aromatic carbocycles. The van der Waals surface area contributed by atoms with Gasteiger partial charge in [0.05, 0.1) is 10.6 Å². The summed E-state index contributed by atoms with van der Waals surface area (Å²) in [5.74, 6) is -2.06. The maximum atomic E-state index is 12.4. The predicted molar refractivity (Wildman–Crippen MR) is 74.8 cm³/mol. The average molecular weight is 334 g/mol. The van der Waals surface area contributed by atoms with Gasteiger partial charge in [-0.2, -0.15) is 4.31 Å². The number of rotatable bonds is 3. The van der Waals surface area contributed by atoms with Crippen molar-refractivity contribution in [3.63, 3.8) is 0 Å². The van der Waals surface area contributed by atoms with Gasteiger partial charge in [0.1, 0.15) is 0 Å². The second kappa shape index (κ2) is 5.28. The lowest BCUT2D eigenvalue weighted by Crippen LogP contribution is -2.52. The summed E-state index contributed by atoms with van der Waals surface area (Å²) >= 11 is 0. The van der Waals surface area contributed by atoms with Crippen molar-refractivity contribution in [2.24, 2.45) is 0 Å². The molecule has 8 nitrogen and oxygen atoms in total. The standard InChI is InChI=1S/C11H14N2O6S2/c12-8-1-3-9(4-2-8)21(18,19)13-5-6-20(16,17)10(7-13)11(14)15/h1-4,10H,5-7,12H2,(H,14,15). The molecule has 0 bridgehead atoms. The third-order valence-electron chi connectivity index (χ3n) is 3.22. The fraction of sp³-hybridized carbons (Fsp3) is 0.364. The van der Waals surface area contributed by atoms with Crippen LogP contribution in [0.15, 0.2) is 29.2 Å². The Labute approximate surface area is 122 Å². The molecule has 1 atom stereocenters. The van der Waals surface area contributed by atoms with Gasteiger partial charge < -0.3 is 10.8 Å². The number of nitrogens with two attached hydrogens (primary N) is 1. The summed E-state index contributed by atoms with van der Waals surface area (Å²) in [5, 5.41) is 7.21. The molecular weight excluding hydrogens is 320 g/mol. The number of sulfonamides is 1. The van der Waals surface area contributed by atoms with Crippen LogP contribution in [0, 0.1) is 0 Å². The summed E-state index contributed by atoms with van der Waals surface area (Å²) in [5.41, 5.74) is 5.87. The minimum atomic E-state index is -3.95. The van der Waals surface area contributed by atoms with E-state index in [0.717, 1.165) is 4.31 Å². The topological polar surface area (TPSA) is 135 Å². The second-order valence-electron chi connectivity index (χ2n) is 4.63. The first-order chi connectivity index (χ1) is 9.64. The summed E-state index contributed by atoms with van der Waals surface area (Å²) in [6.45, 7) is -0.858.